The highest BCUT2D eigenvalue weighted by Gasteiger charge is 2.28. The molecular formula is C18H18N4O3S2. The van der Waals surface area contributed by atoms with Crippen molar-refractivity contribution in [3.8, 4) is 22.1 Å². The Hall–Kier alpha value is -2.52. The van der Waals surface area contributed by atoms with Crippen molar-refractivity contribution in [3.63, 3.8) is 0 Å². The third-order valence-corrected chi connectivity index (χ3v) is 6.43. The Morgan fingerprint density at radius 3 is 2.63 bits per heavy atom. The number of ether oxygens (including phenoxy) is 2. The molecular weight excluding hydrogens is 384 g/mol. The Balaban J connectivity index is 1.56. The van der Waals surface area contributed by atoms with Crippen LogP contribution in [-0.4, -0.2) is 35.3 Å². The summed E-state index contributed by atoms with van der Waals surface area (Å²) in [5.74, 6) is 1.58. The molecule has 1 aliphatic rings. The molecule has 1 fully saturated rings. The molecule has 0 spiro atoms. The number of nitrogens with one attached hydrogen (secondary N) is 1. The number of carbonyl (C=O) groups excluding carboxylic acids is 1. The van der Waals surface area contributed by atoms with Crippen molar-refractivity contribution in [2.75, 3.05) is 19.5 Å². The van der Waals surface area contributed by atoms with E-state index in [-0.39, 0.29) is 5.91 Å². The Bertz CT molecular complexity index is 994. The fourth-order valence-corrected chi connectivity index (χ4v) is 4.50. The van der Waals surface area contributed by atoms with Crippen LogP contribution in [0.3, 0.4) is 0 Å². The zero-order chi connectivity index (χ0) is 19.0. The lowest BCUT2D eigenvalue weighted by Crippen LogP contribution is -2.11. The van der Waals surface area contributed by atoms with Crippen LogP contribution in [0.4, 0.5) is 5.13 Å². The molecule has 1 amide bonds. The molecule has 2 aromatic heterocycles. The van der Waals surface area contributed by atoms with Crippen LogP contribution >= 0.6 is 22.7 Å². The molecule has 140 valence electrons. The van der Waals surface area contributed by atoms with Crippen LogP contribution < -0.4 is 14.8 Å². The highest BCUT2D eigenvalue weighted by molar-refractivity contribution is 7.17. The lowest BCUT2D eigenvalue weighted by molar-refractivity contribution is 0.102. The number of thiazole rings is 1. The molecule has 1 aromatic carbocycles. The number of methoxy groups -OCH3 is 2. The number of carbonyl (C=O) groups is 1. The van der Waals surface area contributed by atoms with Gasteiger partial charge in [-0.25, -0.2) is 4.98 Å². The van der Waals surface area contributed by atoms with Crippen LogP contribution in [0.1, 0.15) is 39.1 Å². The predicted molar refractivity (Wildman–Crippen MR) is 105 cm³/mol. The standard InChI is InChI=1S/C18H18N4O3S2/c1-9-14(15(23)20-18-22-21-17(27-18)10-4-5-10)26-16(19-9)11-6-7-12(24-2)13(8-11)25-3/h6-8,10H,4-5H2,1-3H3,(H,20,22,23). The van der Waals surface area contributed by atoms with Crippen LogP contribution in [-0.2, 0) is 0 Å². The SMILES string of the molecule is COc1ccc(-c2nc(C)c(C(=O)Nc3nnc(C4CC4)s3)s2)cc1OC. The molecule has 9 heteroatoms. The van der Waals surface area contributed by atoms with E-state index in [9.17, 15) is 4.79 Å². The molecule has 7 nitrogen and oxygen atoms in total. The summed E-state index contributed by atoms with van der Waals surface area (Å²) in [6.07, 6.45) is 2.32. The van der Waals surface area contributed by atoms with Gasteiger partial charge in [-0.3, -0.25) is 10.1 Å². The van der Waals surface area contributed by atoms with E-state index in [1.807, 2.05) is 25.1 Å². The quantitative estimate of drug-likeness (QED) is 0.668. The van der Waals surface area contributed by atoms with Gasteiger partial charge < -0.3 is 9.47 Å². The molecule has 0 saturated heterocycles. The second-order valence-corrected chi connectivity index (χ2v) is 8.19. The summed E-state index contributed by atoms with van der Waals surface area (Å²) >= 11 is 2.78. The molecule has 1 saturated carbocycles. The third kappa shape index (κ3) is 3.65. The van der Waals surface area contributed by atoms with Gasteiger partial charge in [-0.05, 0) is 38.0 Å². The first kappa shape index (κ1) is 17.9. The highest BCUT2D eigenvalue weighted by atomic mass is 32.1. The Kier molecular flexibility index (Phi) is 4.79. The van der Waals surface area contributed by atoms with Crippen molar-refractivity contribution in [2.45, 2.75) is 25.7 Å². The van der Waals surface area contributed by atoms with Gasteiger partial charge in [0.25, 0.3) is 5.91 Å². The van der Waals surface area contributed by atoms with E-state index in [4.69, 9.17) is 9.47 Å². The zero-order valence-corrected chi connectivity index (χ0v) is 16.7. The molecule has 0 atom stereocenters. The second kappa shape index (κ2) is 7.24. The number of aromatic nitrogens is 3. The number of aryl methyl sites for hydroxylation is 1. The average molecular weight is 403 g/mol. The van der Waals surface area contributed by atoms with E-state index >= 15 is 0 Å². The molecule has 0 aliphatic heterocycles. The lowest BCUT2D eigenvalue weighted by Gasteiger charge is -2.08. The van der Waals surface area contributed by atoms with Gasteiger partial charge >= 0.3 is 0 Å². The van der Waals surface area contributed by atoms with Crippen LogP contribution in [0.5, 0.6) is 11.5 Å². The molecule has 1 N–H and O–H groups in total. The van der Waals surface area contributed by atoms with Gasteiger partial charge in [0.2, 0.25) is 5.13 Å². The zero-order valence-electron chi connectivity index (χ0n) is 15.1. The molecule has 3 aromatic rings. The van der Waals surface area contributed by atoms with Crippen LogP contribution in [0, 0.1) is 6.92 Å². The summed E-state index contributed by atoms with van der Waals surface area (Å²) in [6.45, 7) is 1.82. The van der Waals surface area contributed by atoms with E-state index in [0.29, 0.717) is 33.1 Å². The van der Waals surface area contributed by atoms with E-state index in [1.165, 1.54) is 22.7 Å². The topological polar surface area (TPSA) is 86.2 Å². The van der Waals surface area contributed by atoms with Gasteiger partial charge in [0.1, 0.15) is 14.9 Å². The number of benzene rings is 1. The number of hydrogen-bond acceptors (Lipinski definition) is 8. The molecule has 0 radical (unpaired) electrons. The molecule has 2 heterocycles. The fourth-order valence-electron chi connectivity index (χ4n) is 2.63. The summed E-state index contributed by atoms with van der Waals surface area (Å²) in [7, 11) is 3.18. The van der Waals surface area contributed by atoms with Gasteiger partial charge in [-0.15, -0.1) is 21.5 Å². The second-order valence-electron chi connectivity index (χ2n) is 6.18. The van der Waals surface area contributed by atoms with E-state index in [2.05, 4.69) is 20.5 Å². The highest BCUT2D eigenvalue weighted by Crippen LogP contribution is 2.42. The largest absolute Gasteiger partial charge is 0.493 e. The summed E-state index contributed by atoms with van der Waals surface area (Å²) in [4.78, 5) is 17.8. The average Bonchev–Trinajstić information content (AvgIpc) is 3.30. The number of rotatable bonds is 6. The van der Waals surface area contributed by atoms with Gasteiger partial charge in [-0.2, -0.15) is 0 Å². The van der Waals surface area contributed by atoms with Crippen LogP contribution in [0.15, 0.2) is 18.2 Å². The molecule has 0 bridgehead atoms. The van der Waals surface area contributed by atoms with Crippen molar-refractivity contribution in [2.24, 2.45) is 0 Å². The number of hydrogen-bond donors (Lipinski definition) is 1. The van der Waals surface area contributed by atoms with Crippen molar-refractivity contribution in [1.82, 2.24) is 15.2 Å². The van der Waals surface area contributed by atoms with Crippen molar-refractivity contribution >= 4 is 33.7 Å². The minimum Gasteiger partial charge on any atom is -0.493 e. The number of amides is 1. The van der Waals surface area contributed by atoms with E-state index < -0.39 is 0 Å². The van der Waals surface area contributed by atoms with Crippen molar-refractivity contribution in [3.05, 3.63) is 33.8 Å². The Labute approximate surface area is 164 Å². The van der Waals surface area contributed by atoms with E-state index in [1.54, 1.807) is 14.2 Å². The maximum Gasteiger partial charge on any atom is 0.269 e. The molecule has 1 aliphatic carbocycles. The van der Waals surface area contributed by atoms with E-state index in [0.717, 1.165) is 28.4 Å². The summed E-state index contributed by atoms with van der Waals surface area (Å²) in [5.41, 5.74) is 1.54. The third-order valence-electron chi connectivity index (χ3n) is 4.22. The maximum absolute atomic E-state index is 12.7. The van der Waals surface area contributed by atoms with Crippen LogP contribution in [0.25, 0.3) is 10.6 Å². The summed E-state index contributed by atoms with van der Waals surface area (Å²) in [5, 5.41) is 13.3. The first-order valence-corrected chi connectivity index (χ1v) is 10.1. The lowest BCUT2D eigenvalue weighted by atomic mass is 10.2. The van der Waals surface area contributed by atoms with Gasteiger partial charge in [-0.1, -0.05) is 11.3 Å². The normalized spacial score (nSPS) is 13.4. The van der Waals surface area contributed by atoms with Gasteiger partial charge in [0, 0.05) is 11.5 Å². The summed E-state index contributed by atoms with van der Waals surface area (Å²) in [6, 6.07) is 5.57. The monoisotopic (exact) mass is 402 g/mol. The minimum atomic E-state index is -0.213. The van der Waals surface area contributed by atoms with Gasteiger partial charge in [0.05, 0.1) is 19.9 Å². The Morgan fingerprint density at radius 2 is 1.93 bits per heavy atom. The molecule has 4 rings (SSSR count). The number of nitrogens with zero attached hydrogens (tertiary/aromatic N) is 3. The first-order valence-electron chi connectivity index (χ1n) is 8.43. The maximum atomic E-state index is 12.7. The number of anilines is 1. The minimum absolute atomic E-state index is 0.213. The predicted octanol–water partition coefficient (Wildman–Crippen LogP) is 4.12. The first-order chi connectivity index (χ1) is 13.1. The summed E-state index contributed by atoms with van der Waals surface area (Å²) < 4.78 is 10.6. The van der Waals surface area contributed by atoms with Gasteiger partial charge in [0.15, 0.2) is 11.5 Å². The smallest absolute Gasteiger partial charge is 0.269 e. The molecule has 27 heavy (non-hydrogen) atoms. The van der Waals surface area contributed by atoms with Crippen molar-refractivity contribution < 1.29 is 14.3 Å². The Morgan fingerprint density at radius 1 is 1.15 bits per heavy atom. The van der Waals surface area contributed by atoms with Crippen LogP contribution in [0.2, 0.25) is 0 Å². The fraction of sp³-hybridized carbons (Fsp3) is 0.333. The molecule has 0 unspecified atom stereocenters. The van der Waals surface area contributed by atoms with Crippen molar-refractivity contribution in [1.29, 1.82) is 0 Å².